The van der Waals surface area contributed by atoms with Gasteiger partial charge in [-0.2, -0.15) is 0 Å². The summed E-state index contributed by atoms with van der Waals surface area (Å²) in [5.41, 5.74) is 4.97. The lowest BCUT2D eigenvalue weighted by atomic mass is 10.3. The van der Waals surface area contributed by atoms with Crippen LogP contribution in [0.2, 0.25) is 25.7 Å². The molecule has 0 amide bonds. The summed E-state index contributed by atoms with van der Waals surface area (Å²) in [4.78, 5) is 24.2. The molecule has 0 fully saturated rings. The molecule has 0 aromatic carbocycles. The van der Waals surface area contributed by atoms with Gasteiger partial charge in [-0.05, 0) is 12.5 Å². The molecule has 0 aliphatic heterocycles. The molecule has 0 aliphatic carbocycles. The van der Waals surface area contributed by atoms with Crippen molar-refractivity contribution < 1.29 is 4.74 Å². The highest BCUT2D eigenvalue weighted by atomic mass is 28.3. The lowest BCUT2D eigenvalue weighted by molar-refractivity contribution is 0.0805. The fourth-order valence-electron chi connectivity index (χ4n) is 1.83. The van der Waals surface area contributed by atoms with Gasteiger partial charge in [-0.15, -0.1) is 0 Å². The number of ether oxygens (including phenoxy) is 1. The molecular weight excluding hydrogens is 286 g/mol. The van der Waals surface area contributed by atoms with E-state index in [1.807, 2.05) is 6.92 Å². The van der Waals surface area contributed by atoms with Gasteiger partial charge in [0, 0.05) is 27.3 Å². The first-order valence-electron chi connectivity index (χ1n) is 7.44. The Balaban J connectivity index is 2.82. The Kier molecular flexibility index (Phi) is 6.41. The summed E-state index contributed by atoms with van der Waals surface area (Å²) in [5, 5.41) is 0. The van der Waals surface area contributed by atoms with Crippen molar-refractivity contribution in [2.24, 2.45) is 0 Å². The molecular formula is C14H27N3O3Si. The molecule has 0 unspecified atom stereocenters. The maximum atomic E-state index is 12.3. The predicted octanol–water partition coefficient (Wildman–Crippen LogP) is 1.70. The van der Waals surface area contributed by atoms with Crippen LogP contribution in [0.15, 0.2) is 15.7 Å². The fraction of sp³-hybridized carbons (Fsp3) is 0.714. The second-order valence-electron chi connectivity index (χ2n) is 6.47. The van der Waals surface area contributed by atoms with Crippen LogP contribution in [0.25, 0.3) is 0 Å². The number of nitrogen functional groups attached to an aromatic ring is 1. The molecule has 1 rings (SSSR count). The summed E-state index contributed by atoms with van der Waals surface area (Å²) in [5.74, 6) is 0.219. The van der Waals surface area contributed by atoms with Crippen LogP contribution in [0.4, 0.5) is 5.82 Å². The number of hydrogen-bond acceptors (Lipinski definition) is 4. The van der Waals surface area contributed by atoms with E-state index in [2.05, 4.69) is 19.6 Å². The van der Waals surface area contributed by atoms with E-state index < -0.39 is 13.6 Å². The highest BCUT2D eigenvalue weighted by molar-refractivity contribution is 6.76. The van der Waals surface area contributed by atoms with Crippen molar-refractivity contribution in [3.63, 3.8) is 0 Å². The maximum Gasteiger partial charge on any atom is 0.334 e. The number of anilines is 1. The highest BCUT2D eigenvalue weighted by Gasteiger charge is 2.13. The highest BCUT2D eigenvalue weighted by Crippen LogP contribution is 2.07. The number of unbranched alkanes of at least 4 members (excludes halogenated alkanes) is 1. The van der Waals surface area contributed by atoms with E-state index in [4.69, 9.17) is 10.5 Å². The number of aromatic nitrogens is 2. The van der Waals surface area contributed by atoms with Crippen molar-refractivity contribution >= 4 is 13.9 Å². The monoisotopic (exact) mass is 313 g/mol. The van der Waals surface area contributed by atoms with Crippen molar-refractivity contribution in [3.05, 3.63) is 26.9 Å². The molecule has 0 saturated carbocycles. The minimum absolute atomic E-state index is 0.00541. The fourth-order valence-corrected chi connectivity index (χ4v) is 2.58. The lowest BCUT2D eigenvalue weighted by Crippen LogP contribution is -2.41. The Morgan fingerprint density at radius 2 is 1.90 bits per heavy atom. The second kappa shape index (κ2) is 7.60. The van der Waals surface area contributed by atoms with Crippen LogP contribution in [0.3, 0.4) is 0 Å². The Morgan fingerprint density at radius 1 is 1.24 bits per heavy atom. The van der Waals surface area contributed by atoms with E-state index >= 15 is 0 Å². The van der Waals surface area contributed by atoms with Gasteiger partial charge in [-0.3, -0.25) is 9.36 Å². The molecule has 0 aliphatic rings. The van der Waals surface area contributed by atoms with E-state index in [9.17, 15) is 9.59 Å². The van der Waals surface area contributed by atoms with Gasteiger partial charge in [0.15, 0.2) is 0 Å². The van der Waals surface area contributed by atoms with Crippen LogP contribution in [-0.4, -0.2) is 23.8 Å². The minimum Gasteiger partial charge on any atom is -0.385 e. The van der Waals surface area contributed by atoms with Crippen LogP contribution in [0, 0.1) is 0 Å². The average molecular weight is 313 g/mol. The third-order valence-corrected chi connectivity index (χ3v) is 4.97. The Hall–Kier alpha value is -1.34. The molecule has 2 N–H and O–H groups in total. The van der Waals surface area contributed by atoms with Gasteiger partial charge in [0.1, 0.15) is 12.5 Å². The van der Waals surface area contributed by atoms with Crippen molar-refractivity contribution in [1.82, 2.24) is 9.13 Å². The molecule has 0 atom stereocenters. The quantitative estimate of drug-likeness (QED) is 0.585. The van der Waals surface area contributed by atoms with Crippen LogP contribution < -0.4 is 17.0 Å². The average Bonchev–Trinajstić information content (AvgIpc) is 2.36. The van der Waals surface area contributed by atoms with Gasteiger partial charge in [0.2, 0.25) is 0 Å². The molecule has 21 heavy (non-hydrogen) atoms. The van der Waals surface area contributed by atoms with E-state index in [0.29, 0.717) is 13.2 Å². The first-order chi connectivity index (χ1) is 9.76. The van der Waals surface area contributed by atoms with Crippen molar-refractivity contribution in [2.45, 2.75) is 58.7 Å². The predicted molar refractivity (Wildman–Crippen MR) is 88.4 cm³/mol. The van der Waals surface area contributed by atoms with E-state index in [-0.39, 0.29) is 18.2 Å². The van der Waals surface area contributed by atoms with Crippen molar-refractivity contribution in [2.75, 3.05) is 12.3 Å². The summed E-state index contributed by atoms with van der Waals surface area (Å²) < 4.78 is 8.04. The maximum absolute atomic E-state index is 12.3. The number of hydrogen-bond donors (Lipinski definition) is 1. The topological polar surface area (TPSA) is 79.2 Å². The normalized spacial score (nSPS) is 11.8. The molecule has 0 radical (unpaired) electrons. The molecule has 120 valence electrons. The standard InChI is InChI=1S/C14H27N3O3Si/c1-5-6-7-16-12(15)10-13(18)17(14(16)19)11-20-8-9-21(2,3)4/h10H,5-9,11,15H2,1-4H3. The SMILES string of the molecule is CCCCn1c(N)cc(=O)n(COCC[Si](C)(C)C)c1=O. The number of nitrogens with zero attached hydrogens (tertiary/aromatic N) is 2. The zero-order chi connectivity index (χ0) is 16.0. The van der Waals surface area contributed by atoms with Gasteiger partial charge < -0.3 is 10.5 Å². The Bertz CT molecular complexity index is 572. The molecule has 1 heterocycles. The zero-order valence-corrected chi connectivity index (χ0v) is 14.5. The van der Waals surface area contributed by atoms with Crippen LogP contribution in [-0.2, 0) is 18.0 Å². The first kappa shape index (κ1) is 17.7. The smallest absolute Gasteiger partial charge is 0.334 e. The molecule has 0 spiro atoms. The van der Waals surface area contributed by atoms with E-state index in [1.165, 1.54) is 10.6 Å². The Labute approximate surface area is 126 Å². The van der Waals surface area contributed by atoms with Gasteiger partial charge >= 0.3 is 5.69 Å². The molecule has 1 aromatic rings. The van der Waals surface area contributed by atoms with Gasteiger partial charge in [0.05, 0.1) is 0 Å². The minimum atomic E-state index is -1.18. The van der Waals surface area contributed by atoms with Crippen molar-refractivity contribution in [3.8, 4) is 0 Å². The second-order valence-corrected chi connectivity index (χ2v) is 12.1. The summed E-state index contributed by atoms with van der Waals surface area (Å²) >= 11 is 0. The largest absolute Gasteiger partial charge is 0.385 e. The first-order valence-corrected chi connectivity index (χ1v) is 11.1. The van der Waals surface area contributed by atoms with Crippen LogP contribution in [0.5, 0.6) is 0 Å². The Morgan fingerprint density at radius 3 is 2.48 bits per heavy atom. The summed E-state index contributed by atoms with van der Waals surface area (Å²) in [7, 11) is -1.18. The van der Waals surface area contributed by atoms with Gasteiger partial charge in [-0.25, -0.2) is 9.36 Å². The third-order valence-electron chi connectivity index (χ3n) is 3.26. The number of rotatable bonds is 8. The number of nitrogens with two attached hydrogens (primary N) is 1. The molecule has 7 heteroatoms. The molecule has 1 aromatic heterocycles. The van der Waals surface area contributed by atoms with Gasteiger partial charge in [0.25, 0.3) is 5.56 Å². The summed E-state index contributed by atoms with van der Waals surface area (Å²) in [6.45, 7) is 9.89. The van der Waals surface area contributed by atoms with Crippen molar-refractivity contribution in [1.29, 1.82) is 0 Å². The van der Waals surface area contributed by atoms with Gasteiger partial charge in [-0.1, -0.05) is 33.0 Å². The van der Waals surface area contributed by atoms with E-state index in [1.54, 1.807) is 0 Å². The van der Waals surface area contributed by atoms with E-state index in [0.717, 1.165) is 23.5 Å². The van der Waals surface area contributed by atoms with Crippen LogP contribution >= 0.6 is 0 Å². The molecule has 0 saturated heterocycles. The molecule has 0 bridgehead atoms. The third kappa shape index (κ3) is 5.51. The lowest BCUT2D eigenvalue weighted by Gasteiger charge is -2.16. The zero-order valence-electron chi connectivity index (χ0n) is 13.5. The van der Waals surface area contributed by atoms with Crippen LogP contribution in [0.1, 0.15) is 19.8 Å². The summed E-state index contributed by atoms with van der Waals surface area (Å²) in [6.07, 6.45) is 1.80. The summed E-state index contributed by atoms with van der Waals surface area (Å²) in [6, 6.07) is 2.29. The molecule has 6 nitrogen and oxygen atoms in total.